The van der Waals surface area contributed by atoms with Gasteiger partial charge in [0.1, 0.15) is 5.75 Å². The molecule has 1 saturated carbocycles. The van der Waals surface area contributed by atoms with E-state index in [9.17, 15) is 5.11 Å². The molecule has 0 radical (unpaired) electrons. The second-order valence-corrected chi connectivity index (χ2v) is 5.40. The number of phenolic OH excluding ortho intramolecular Hbond substituents is 1. The van der Waals surface area contributed by atoms with E-state index in [1.54, 1.807) is 6.07 Å². The first-order valence-corrected chi connectivity index (χ1v) is 6.45. The highest BCUT2D eigenvalue weighted by Gasteiger charge is 2.25. The highest BCUT2D eigenvalue weighted by atomic mass is 16.3. The van der Waals surface area contributed by atoms with Gasteiger partial charge in [0.2, 0.25) is 0 Å². The van der Waals surface area contributed by atoms with Gasteiger partial charge in [0.25, 0.3) is 0 Å². The predicted molar refractivity (Wildman–Crippen MR) is 67.6 cm³/mol. The minimum absolute atomic E-state index is 0.389. The molecule has 0 spiro atoms. The second-order valence-electron chi connectivity index (χ2n) is 5.40. The number of rotatable bonds is 4. The zero-order chi connectivity index (χ0) is 11.5. The van der Waals surface area contributed by atoms with Gasteiger partial charge in [-0.3, -0.25) is 0 Å². The molecule has 16 heavy (non-hydrogen) atoms. The van der Waals surface area contributed by atoms with Gasteiger partial charge < -0.3 is 5.11 Å². The van der Waals surface area contributed by atoms with Crippen LogP contribution < -0.4 is 0 Å². The van der Waals surface area contributed by atoms with Gasteiger partial charge in [-0.2, -0.15) is 0 Å². The minimum atomic E-state index is 0.389. The van der Waals surface area contributed by atoms with Crippen molar-refractivity contribution in [3.05, 3.63) is 29.8 Å². The van der Waals surface area contributed by atoms with E-state index in [4.69, 9.17) is 0 Å². The molecule has 1 aromatic rings. The molecule has 88 valence electrons. The van der Waals surface area contributed by atoms with Gasteiger partial charge in [-0.1, -0.05) is 45.2 Å². The fourth-order valence-electron chi connectivity index (χ4n) is 2.73. The zero-order valence-electron chi connectivity index (χ0n) is 10.3. The lowest BCUT2D eigenvalue weighted by Crippen LogP contribution is -2.20. The lowest BCUT2D eigenvalue weighted by molar-refractivity contribution is 0.203. The van der Waals surface area contributed by atoms with Gasteiger partial charge in [0.15, 0.2) is 0 Å². The molecule has 1 aliphatic rings. The van der Waals surface area contributed by atoms with Crippen LogP contribution in [-0.4, -0.2) is 5.11 Å². The van der Waals surface area contributed by atoms with Gasteiger partial charge in [0.05, 0.1) is 0 Å². The van der Waals surface area contributed by atoms with Crippen LogP contribution in [0.15, 0.2) is 24.3 Å². The van der Waals surface area contributed by atoms with E-state index in [-0.39, 0.29) is 0 Å². The molecule has 1 aromatic carbocycles. The second kappa shape index (κ2) is 4.90. The van der Waals surface area contributed by atoms with Gasteiger partial charge >= 0.3 is 0 Å². The number of aromatic hydroxyl groups is 1. The molecular formula is C15H22O. The van der Waals surface area contributed by atoms with Crippen LogP contribution in [0.1, 0.15) is 51.0 Å². The summed E-state index contributed by atoms with van der Waals surface area (Å²) in [6.45, 7) is 4.65. The molecule has 1 N–H and O–H groups in total. The van der Waals surface area contributed by atoms with Crippen LogP contribution in [0, 0.1) is 11.8 Å². The van der Waals surface area contributed by atoms with E-state index < -0.39 is 0 Å². The molecule has 1 nitrogen and oxygen atoms in total. The lowest BCUT2D eigenvalue weighted by atomic mass is 9.73. The third-order valence-corrected chi connectivity index (χ3v) is 4.12. The van der Waals surface area contributed by atoms with Crippen molar-refractivity contribution in [1.82, 2.24) is 0 Å². The molecule has 0 saturated heterocycles. The smallest absolute Gasteiger partial charge is 0.115 e. The molecule has 1 aliphatic carbocycles. The molecule has 2 rings (SSSR count). The molecule has 0 aromatic heterocycles. The van der Waals surface area contributed by atoms with Crippen LogP contribution >= 0.6 is 0 Å². The Morgan fingerprint density at radius 2 is 2.06 bits per heavy atom. The molecule has 0 amide bonds. The Morgan fingerprint density at radius 3 is 2.62 bits per heavy atom. The first kappa shape index (κ1) is 11.5. The van der Waals surface area contributed by atoms with Gasteiger partial charge in [-0.25, -0.2) is 0 Å². The molecule has 2 unspecified atom stereocenters. The maximum atomic E-state index is 9.46. The van der Waals surface area contributed by atoms with E-state index in [2.05, 4.69) is 19.9 Å². The summed E-state index contributed by atoms with van der Waals surface area (Å²) >= 11 is 0. The standard InChI is InChI=1S/C15H22O/c1-11(13-5-3-6-13)9-12(2)14-7-4-8-15(16)10-14/h4,7-8,10-13,16H,3,5-6,9H2,1-2H3. The van der Waals surface area contributed by atoms with Crippen LogP contribution in [0.25, 0.3) is 0 Å². The maximum Gasteiger partial charge on any atom is 0.115 e. The summed E-state index contributed by atoms with van der Waals surface area (Å²) in [6.07, 6.45) is 5.52. The fourth-order valence-corrected chi connectivity index (χ4v) is 2.73. The Labute approximate surface area is 98.5 Å². The summed E-state index contributed by atoms with van der Waals surface area (Å²) in [5, 5.41) is 9.46. The van der Waals surface area contributed by atoms with E-state index >= 15 is 0 Å². The van der Waals surface area contributed by atoms with Crippen molar-refractivity contribution in [2.75, 3.05) is 0 Å². The van der Waals surface area contributed by atoms with Crippen LogP contribution in [0.4, 0.5) is 0 Å². The van der Waals surface area contributed by atoms with Gasteiger partial charge in [-0.15, -0.1) is 0 Å². The number of hydrogen-bond acceptors (Lipinski definition) is 1. The highest BCUT2D eigenvalue weighted by molar-refractivity contribution is 5.29. The maximum absolute atomic E-state index is 9.46. The summed E-state index contributed by atoms with van der Waals surface area (Å²) < 4.78 is 0. The number of phenols is 1. The average molecular weight is 218 g/mol. The Kier molecular flexibility index (Phi) is 3.52. The van der Waals surface area contributed by atoms with Crippen molar-refractivity contribution < 1.29 is 5.11 Å². The summed E-state index contributed by atoms with van der Waals surface area (Å²) in [6, 6.07) is 7.71. The fraction of sp³-hybridized carbons (Fsp3) is 0.600. The Morgan fingerprint density at radius 1 is 1.31 bits per heavy atom. The quantitative estimate of drug-likeness (QED) is 0.798. The van der Waals surface area contributed by atoms with Crippen molar-refractivity contribution in [3.63, 3.8) is 0 Å². The molecule has 0 bridgehead atoms. The van der Waals surface area contributed by atoms with Crippen molar-refractivity contribution in [2.45, 2.75) is 45.4 Å². The SMILES string of the molecule is CC(CC(C)C1CCC1)c1cccc(O)c1. The van der Waals surface area contributed by atoms with Crippen LogP contribution in [0.5, 0.6) is 5.75 Å². The minimum Gasteiger partial charge on any atom is -0.508 e. The Bertz CT molecular complexity index is 341. The summed E-state index contributed by atoms with van der Waals surface area (Å²) in [5.74, 6) is 2.73. The third kappa shape index (κ3) is 2.58. The monoisotopic (exact) mass is 218 g/mol. The van der Waals surface area contributed by atoms with Crippen LogP contribution in [-0.2, 0) is 0 Å². The van der Waals surface area contributed by atoms with Crippen molar-refractivity contribution in [2.24, 2.45) is 11.8 Å². The lowest BCUT2D eigenvalue weighted by Gasteiger charge is -2.33. The van der Waals surface area contributed by atoms with Gasteiger partial charge in [-0.05, 0) is 41.9 Å². The van der Waals surface area contributed by atoms with E-state index in [1.165, 1.54) is 31.2 Å². The molecule has 0 aliphatic heterocycles. The summed E-state index contributed by atoms with van der Waals surface area (Å²) in [4.78, 5) is 0. The largest absolute Gasteiger partial charge is 0.508 e. The average Bonchev–Trinajstić information content (AvgIpc) is 2.14. The molecule has 1 heteroatoms. The first-order chi connectivity index (χ1) is 7.66. The summed E-state index contributed by atoms with van der Waals surface area (Å²) in [5.41, 5.74) is 1.27. The predicted octanol–water partition coefficient (Wildman–Crippen LogP) is 4.32. The van der Waals surface area contributed by atoms with E-state index in [0.29, 0.717) is 11.7 Å². The van der Waals surface area contributed by atoms with Crippen molar-refractivity contribution in [3.8, 4) is 5.75 Å². The van der Waals surface area contributed by atoms with Crippen molar-refractivity contribution >= 4 is 0 Å². The number of benzene rings is 1. The topological polar surface area (TPSA) is 20.2 Å². The third-order valence-electron chi connectivity index (χ3n) is 4.12. The molecule has 1 fully saturated rings. The van der Waals surface area contributed by atoms with E-state index in [1.807, 2.05) is 12.1 Å². The zero-order valence-corrected chi connectivity index (χ0v) is 10.3. The van der Waals surface area contributed by atoms with Gasteiger partial charge in [0, 0.05) is 0 Å². The molecular weight excluding hydrogens is 196 g/mol. The van der Waals surface area contributed by atoms with Crippen molar-refractivity contribution in [1.29, 1.82) is 0 Å². The van der Waals surface area contributed by atoms with E-state index in [0.717, 1.165) is 11.8 Å². The number of hydrogen-bond donors (Lipinski definition) is 1. The molecule has 2 atom stereocenters. The van der Waals surface area contributed by atoms with Crippen LogP contribution in [0.3, 0.4) is 0 Å². The highest BCUT2D eigenvalue weighted by Crippen LogP contribution is 2.38. The summed E-state index contributed by atoms with van der Waals surface area (Å²) in [7, 11) is 0. The van der Waals surface area contributed by atoms with Crippen LogP contribution in [0.2, 0.25) is 0 Å². The Balaban J connectivity index is 1.93. The first-order valence-electron chi connectivity index (χ1n) is 6.45. The molecule has 0 heterocycles. The normalized spacial score (nSPS) is 20.1. The Hall–Kier alpha value is -0.980.